The number of nitrogens with zero attached hydrogens (tertiary/aromatic N) is 3. The van der Waals surface area contributed by atoms with E-state index in [-0.39, 0.29) is 11.7 Å². The molecule has 2 aromatic rings. The Bertz CT molecular complexity index is 861. The van der Waals surface area contributed by atoms with Crippen molar-refractivity contribution in [2.45, 2.75) is 6.92 Å². The molecule has 140 valence electrons. The zero-order chi connectivity index (χ0) is 18.7. The largest absolute Gasteiger partial charge is 0.493 e. The van der Waals surface area contributed by atoms with Gasteiger partial charge in [0.15, 0.2) is 16.6 Å². The number of carbonyl (C=O) groups is 1. The molecule has 2 heterocycles. The van der Waals surface area contributed by atoms with Crippen molar-refractivity contribution >= 4 is 32.6 Å². The zero-order valence-electron chi connectivity index (χ0n) is 15.0. The van der Waals surface area contributed by atoms with E-state index in [2.05, 4.69) is 4.98 Å². The Morgan fingerprint density at radius 3 is 2.42 bits per heavy atom. The molecule has 0 N–H and O–H groups in total. The second kappa shape index (κ2) is 7.77. The van der Waals surface area contributed by atoms with Crippen LogP contribution in [-0.4, -0.2) is 63.0 Å². The van der Waals surface area contributed by atoms with Crippen LogP contribution in [0.25, 0.3) is 10.1 Å². The molecule has 1 fully saturated rings. The molecule has 0 aliphatic carbocycles. The molecule has 1 aromatic heterocycles. The Morgan fingerprint density at radius 2 is 1.81 bits per heavy atom. The lowest BCUT2D eigenvalue weighted by molar-refractivity contribution is 0.105. The van der Waals surface area contributed by atoms with E-state index in [1.54, 1.807) is 31.1 Å². The molecule has 0 saturated carbocycles. The first-order chi connectivity index (χ1) is 12.6. The maximum Gasteiger partial charge on any atom is 0.409 e. The molecule has 0 unspecified atom stereocenters. The number of carbonyl (C=O) groups excluding carboxylic acids is 1. The van der Waals surface area contributed by atoms with Crippen LogP contribution in [0, 0.1) is 0 Å². The van der Waals surface area contributed by atoms with Crippen LogP contribution in [0.4, 0.5) is 9.93 Å². The van der Waals surface area contributed by atoms with Crippen molar-refractivity contribution in [3.05, 3.63) is 22.5 Å². The third-order valence-electron chi connectivity index (χ3n) is 4.19. The van der Waals surface area contributed by atoms with Crippen LogP contribution in [0.2, 0.25) is 0 Å². The van der Waals surface area contributed by atoms with Crippen LogP contribution in [0.3, 0.4) is 0 Å². The fourth-order valence-corrected chi connectivity index (χ4v) is 3.87. The Kier molecular flexibility index (Phi) is 5.46. The summed E-state index contributed by atoms with van der Waals surface area (Å²) in [7, 11) is 3.09. The Hall–Kier alpha value is -2.55. The number of piperazine rings is 1. The number of hydrogen-bond acceptors (Lipinski definition) is 8. The number of benzene rings is 1. The van der Waals surface area contributed by atoms with E-state index in [9.17, 15) is 9.59 Å². The number of aromatic nitrogens is 1. The number of fused-ring (bicyclic) bond motifs is 1. The summed E-state index contributed by atoms with van der Waals surface area (Å²) in [5.41, 5.74) is -0.303. The van der Waals surface area contributed by atoms with Gasteiger partial charge in [-0.2, -0.15) is 4.98 Å². The van der Waals surface area contributed by atoms with Gasteiger partial charge in [0.2, 0.25) is 0 Å². The number of methoxy groups -OCH3 is 2. The number of anilines is 1. The summed E-state index contributed by atoms with van der Waals surface area (Å²) in [6.45, 7) is 4.41. The van der Waals surface area contributed by atoms with E-state index in [0.29, 0.717) is 54.8 Å². The highest BCUT2D eigenvalue weighted by atomic mass is 32.1. The van der Waals surface area contributed by atoms with Crippen LogP contribution in [-0.2, 0) is 4.74 Å². The topological polar surface area (TPSA) is 81.2 Å². The highest BCUT2D eigenvalue weighted by Crippen LogP contribution is 2.34. The van der Waals surface area contributed by atoms with E-state index in [1.807, 2.05) is 4.90 Å². The SMILES string of the molecule is CCOC(=O)N1CCN(c2nc(=O)c3cc(OC)c(OC)cc3s2)CC1. The van der Waals surface area contributed by atoms with Gasteiger partial charge in [-0.15, -0.1) is 0 Å². The molecule has 0 atom stereocenters. The Balaban J connectivity index is 1.85. The number of hydrogen-bond donors (Lipinski definition) is 0. The highest BCUT2D eigenvalue weighted by Gasteiger charge is 2.24. The predicted molar refractivity (Wildman–Crippen MR) is 99.8 cm³/mol. The first kappa shape index (κ1) is 18.2. The first-order valence-electron chi connectivity index (χ1n) is 8.31. The average Bonchev–Trinajstić information content (AvgIpc) is 2.67. The average molecular weight is 379 g/mol. The maximum atomic E-state index is 12.5. The van der Waals surface area contributed by atoms with Gasteiger partial charge in [0.25, 0.3) is 5.56 Å². The summed E-state index contributed by atoms with van der Waals surface area (Å²) in [6.07, 6.45) is -0.302. The van der Waals surface area contributed by atoms with Crippen LogP contribution < -0.4 is 19.9 Å². The number of ether oxygens (including phenoxy) is 3. The molecular weight excluding hydrogens is 358 g/mol. The fraction of sp³-hybridized carbons (Fsp3) is 0.471. The molecule has 0 bridgehead atoms. The molecule has 0 radical (unpaired) electrons. The minimum Gasteiger partial charge on any atom is -0.493 e. The summed E-state index contributed by atoms with van der Waals surface area (Å²) in [5, 5.41) is 1.14. The second-order valence-electron chi connectivity index (χ2n) is 5.68. The zero-order valence-corrected chi connectivity index (χ0v) is 15.8. The molecule has 1 saturated heterocycles. The normalized spacial score (nSPS) is 14.4. The van der Waals surface area contributed by atoms with Gasteiger partial charge in [0.1, 0.15) is 0 Å². The van der Waals surface area contributed by atoms with Crippen molar-refractivity contribution in [2.24, 2.45) is 0 Å². The minimum atomic E-state index is -0.303. The molecule has 1 aliphatic heterocycles. The van der Waals surface area contributed by atoms with E-state index in [4.69, 9.17) is 14.2 Å². The van der Waals surface area contributed by atoms with E-state index >= 15 is 0 Å². The van der Waals surface area contributed by atoms with E-state index in [1.165, 1.54) is 18.4 Å². The quantitative estimate of drug-likeness (QED) is 0.803. The summed E-state index contributed by atoms with van der Waals surface area (Å²) in [6, 6.07) is 3.45. The Morgan fingerprint density at radius 1 is 1.15 bits per heavy atom. The molecule has 8 nitrogen and oxygen atoms in total. The molecule has 1 amide bonds. The summed E-state index contributed by atoms with van der Waals surface area (Å²) >= 11 is 1.42. The van der Waals surface area contributed by atoms with Gasteiger partial charge < -0.3 is 24.0 Å². The van der Waals surface area contributed by atoms with Crippen molar-refractivity contribution in [3.8, 4) is 11.5 Å². The first-order valence-corrected chi connectivity index (χ1v) is 9.12. The lowest BCUT2D eigenvalue weighted by Crippen LogP contribution is -2.49. The predicted octanol–water partition coefficient (Wildman–Crippen LogP) is 1.95. The van der Waals surface area contributed by atoms with Gasteiger partial charge in [-0.25, -0.2) is 4.79 Å². The van der Waals surface area contributed by atoms with Crippen molar-refractivity contribution in [2.75, 3.05) is 51.9 Å². The lowest BCUT2D eigenvalue weighted by atomic mass is 10.2. The summed E-state index contributed by atoms with van der Waals surface area (Å²) in [4.78, 5) is 32.1. The summed E-state index contributed by atoms with van der Waals surface area (Å²) < 4.78 is 16.4. The minimum absolute atomic E-state index is 0.302. The lowest BCUT2D eigenvalue weighted by Gasteiger charge is -2.34. The summed E-state index contributed by atoms with van der Waals surface area (Å²) in [5.74, 6) is 1.07. The fourth-order valence-electron chi connectivity index (χ4n) is 2.81. The van der Waals surface area contributed by atoms with E-state index < -0.39 is 0 Å². The number of amides is 1. The van der Waals surface area contributed by atoms with Gasteiger partial charge >= 0.3 is 6.09 Å². The molecule has 0 spiro atoms. The van der Waals surface area contributed by atoms with Crippen LogP contribution in [0.15, 0.2) is 16.9 Å². The molecule has 1 aliphatic rings. The third-order valence-corrected chi connectivity index (χ3v) is 5.28. The molecule has 3 rings (SSSR count). The third kappa shape index (κ3) is 3.52. The maximum absolute atomic E-state index is 12.5. The molecule has 1 aromatic carbocycles. The van der Waals surface area contributed by atoms with Crippen LogP contribution in [0.5, 0.6) is 11.5 Å². The molecule has 9 heteroatoms. The van der Waals surface area contributed by atoms with Crippen molar-refractivity contribution in [3.63, 3.8) is 0 Å². The van der Waals surface area contributed by atoms with Crippen molar-refractivity contribution < 1.29 is 19.0 Å². The number of rotatable bonds is 4. The van der Waals surface area contributed by atoms with Gasteiger partial charge in [0, 0.05) is 36.9 Å². The van der Waals surface area contributed by atoms with Crippen molar-refractivity contribution in [1.29, 1.82) is 0 Å². The molecule has 26 heavy (non-hydrogen) atoms. The Labute approximate surface area is 154 Å². The van der Waals surface area contributed by atoms with E-state index in [0.717, 1.165) is 4.70 Å². The van der Waals surface area contributed by atoms with Crippen molar-refractivity contribution in [1.82, 2.24) is 9.88 Å². The van der Waals surface area contributed by atoms with Crippen LogP contribution in [0.1, 0.15) is 6.92 Å². The molecular formula is C17H21N3O5S. The monoisotopic (exact) mass is 379 g/mol. The van der Waals surface area contributed by atoms with Gasteiger partial charge in [-0.1, -0.05) is 11.3 Å². The standard InChI is InChI=1S/C17H21N3O5S/c1-4-25-17(22)20-7-5-19(6-8-20)16-18-15(21)11-9-12(23-2)13(24-3)10-14(11)26-16/h9-10H,4-8H2,1-3H3. The van der Waals surface area contributed by atoms with Crippen LogP contribution >= 0.6 is 11.3 Å². The van der Waals surface area contributed by atoms with Gasteiger partial charge in [-0.05, 0) is 13.0 Å². The smallest absolute Gasteiger partial charge is 0.409 e. The second-order valence-corrected chi connectivity index (χ2v) is 6.69. The van der Waals surface area contributed by atoms with Gasteiger partial charge in [0.05, 0.1) is 26.2 Å². The highest BCUT2D eigenvalue weighted by molar-refractivity contribution is 7.21. The van der Waals surface area contributed by atoms with Gasteiger partial charge in [-0.3, -0.25) is 4.79 Å².